The number of nitrogens with zero attached hydrogens (tertiary/aromatic N) is 4. The molecule has 1 aromatic carbocycles. The van der Waals surface area contributed by atoms with Crippen LogP contribution in [0.5, 0.6) is 5.75 Å². The van der Waals surface area contributed by atoms with Gasteiger partial charge in [-0.2, -0.15) is 0 Å². The van der Waals surface area contributed by atoms with Gasteiger partial charge in [0.25, 0.3) is 5.91 Å². The van der Waals surface area contributed by atoms with Gasteiger partial charge in [0.15, 0.2) is 5.84 Å². The number of amidine groups is 1. The van der Waals surface area contributed by atoms with Crippen LogP contribution in [0.4, 0.5) is 5.69 Å². The number of methoxy groups -OCH3 is 1. The van der Waals surface area contributed by atoms with Crippen molar-refractivity contribution in [3.8, 4) is 5.75 Å². The van der Waals surface area contributed by atoms with Gasteiger partial charge in [-0.1, -0.05) is 19.4 Å². The summed E-state index contributed by atoms with van der Waals surface area (Å²) in [5, 5.41) is 6.32. The van der Waals surface area contributed by atoms with Crippen molar-refractivity contribution in [1.29, 1.82) is 0 Å². The fourth-order valence-corrected chi connectivity index (χ4v) is 6.00. The number of primary amides is 1. The zero-order valence-corrected chi connectivity index (χ0v) is 24.9. The molecule has 0 aromatic heterocycles. The first kappa shape index (κ1) is 30.9. The zero-order valence-electron chi connectivity index (χ0n) is 24.9. The molecule has 228 valence electrons. The Morgan fingerprint density at radius 1 is 1.17 bits per heavy atom. The SMILES string of the molecule is C=C(/N=C1\C(=C/N)N(C)C(=O)C(CC(N)=O)CN1C1CCCC1)Nc1ccc(C(=O)NC2CCN(C)CC2)cc1OC. The number of rotatable bonds is 9. The highest BCUT2D eigenvalue weighted by Crippen LogP contribution is 2.32. The van der Waals surface area contributed by atoms with Crippen LogP contribution in [-0.2, 0) is 9.59 Å². The quantitative estimate of drug-likeness (QED) is 0.344. The summed E-state index contributed by atoms with van der Waals surface area (Å²) in [5.41, 5.74) is 13.1. The number of nitrogens with one attached hydrogen (secondary N) is 2. The monoisotopic (exact) mass is 580 g/mol. The van der Waals surface area contributed by atoms with Gasteiger partial charge in [-0.25, -0.2) is 4.99 Å². The van der Waals surface area contributed by atoms with Crippen LogP contribution >= 0.6 is 0 Å². The fourth-order valence-electron chi connectivity index (χ4n) is 6.00. The molecule has 1 aromatic rings. The van der Waals surface area contributed by atoms with Crippen LogP contribution in [0.3, 0.4) is 0 Å². The van der Waals surface area contributed by atoms with Crippen LogP contribution in [-0.4, -0.2) is 91.2 Å². The van der Waals surface area contributed by atoms with E-state index in [0.717, 1.165) is 51.6 Å². The van der Waals surface area contributed by atoms with E-state index in [4.69, 9.17) is 21.2 Å². The smallest absolute Gasteiger partial charge is 0.251 e. The molecule has 0 radical (unpaired) electrons. The van der Waals surface area contributed by atoms with Crippen LogP contribution < -0.4 is 26.8 Å². The maximum absolute atomic E-state index is 13.3. The molecule has 0 spiro atoms. The Labute approximate surface area is 247 Å². The lowest BCUT2D eigenvalue weighted by atomic mass is 10.0. The molecule has 0 bridgehead atoms. The number of piperidine rings is 1. The molecule has 3 fully saturated rings. The lowest BCUT2D eigenvalue weighted by molar-refractivity contribution is -0.134. The van der Waals surface area contributed by atoms with E-state index in [9.17, 15) is 14.4 Å². The second-order valence-electron chi connectivity index (χ2n) is 11.4. The van der Waals surface area contributed by atoms with Crippen molar-refractivity contribution in [1.82, 2.24) is 20.0 Å². The number of aliphatic imine (C=N–C) groups is 1. The number of amides is 3. The third-order valence-electron chi connectivity index (χ3n) is 8.37. The summed E-state index contributed by atoms with van der Waals surface area (Å²) in [6, 6.07) is 5.47. The van der Waals surface area contributed by atoms with E-state index in [1.165, 1.54) is 18.2 Å². The molecule has 1 unspecified atom stereocenters. The first-order valence-corrected chi connectivity index (χ1v) is 14.6. The number of hydrogen-bond donors (Lipinski definition) is 4. The second kappa shape index (κ2) is 13.7. The highest BCUT2D eigenvalue weighted by Gasteiger charge is 2.39. The molecular formula is C30H44N8O4. The number of anilines is 1. The lowest BCUT2D eigenvalue weighted by Gasteiger charge is -2.32. The van der Waals surface area contributed by atoms with Gasteiger partial charge in [-0.15, -0.1) is 0 Å². The Hall–Kier alpha value is -4.06. The molecule has 1 atom stereocenters. The lowest BCUT2D eigenvalue weighted by Crippen LogP contribution is -2.43. The summed E-state index contributed by atoms with van der Waals surface area (Å²) in [6.07, 6.45) is 7.13. The molecule has 3 amide bonds. The van der Waals surface area contributed by atoms with Crippen LogP contribution in [0.2, 0.25) is 0 Å². The number of ether oxygens (including phenoxy) is 1. The number of benzene rings is 1. The number of likely N-dealkylation sites (N-methyl/N-ethyl adjacent to an activating group) is 1. The van der Waals surface area contributed by atoms with Gasteiger partial charge < -0.3 is 41.5 Å². The summed E-state index contributed by atoms with van der Waals surface area (Å²) < 4.78 is 5.60. The summed E-state index contributed by atoms with van der Waals surface area (Å²) >= 11 is 0. The van der Waals surface area contributed by atoms with E-state index < -0.39 is 11.8 Å². The van der Waals surface area contributed by atoms with Gasteiger partial charge in [0, 0.05) is 43.9 Å². The minimum Gasteiger partial charge on any atom is -0.495 e. The molecule has 12 nitrogen and oxygen atoms in total. The van der Waals surface area contributed by atoms with Crippen LogP contribution in [0.1, 0.15) is 55.3 Å². The summed E-state index contributed by atoms with van der Waals surface area (Å²) in [4.78, 5) is 48.6. The van der Waals surface area contributed by atoms with E-state index >= 15 is 0 Å². The highest BCUT2D eigenvalue weighted by atomic mass is 16.5. The molecule has 2 aliphatic heterocycles. The average molecular weight is 581 g/mol. The summed E-state index contributed by atoms with van der Waals surface area (Å²) in [6.45, 7) is 6.33. The number of likely N-dealkylation sites (tertiary alicyclic amines) is 1. The number of hydrogen-bond acceptors (Lipinski definition) is 8. The Bertz CT molecular complexity index is 1250. The van der Waals surface area contributed by atoms with Crippen molar-refractivity contribution >= 4 is 29.2 Å². The van der Waals surface area contributed by atoms with Crippen molar-refractivity contribution in [2.75, 3.05) is 46.2 Å². The van der Waals surface area contributed by atoms with E-state index in [0.29, 0.717) is 40.9 Å². The van der Waals surface area contributed by atoms with Crippen molar-refractivity contribution in [3.05, 3.63) is 48.1 Å². The Morgan fingerprint density at radius 2 is 1.86 bits per heavy atom. The molecule has 6 N–H and O–H groups in total. The average Bonchev–Trinajstić information content (AvgIpc) is 3.48. The van der Waals surface area contributed by atoms with Crippen LogP contribution in [0.15, 0.2) is 47.5 Å². The number of nitrogens with two attached hydrogens (primary N) is 2. The molecule has 1 saturated carbocycles. The topological polar surface area (TPSA) is 159 Å². The van der Waals surface area contributed by atoms with Crippen LogP contribution in [0.25, 0.3) is 0 Å². The predicted octanol–water partition coefficient (Wildman–Crippen LogP) is 1.81. The second-order valence-corrected chi connectivity index (χ2v) is 11.4. The minimum atomic E-state index is -0.620. The molecule has 2 heterocycles. The molecule has 2 saturated heterocycles. The molecule has 42 heavy (non-hydrogen) atoms. The first-order chi connectivity index (χ1) is 20.1. The van der Waals surface area contributed by atoms with Gasteiger partial charge >= 0.3 is 0 Å². The molecule has 3 aliphatic rings. The van der Waals surface area contributed by atoms with Crippen molar-refractivity contribution in [2.45, 2.75) is 57.0 Å². The van der Waals surface area contributed by atoms with Crippen LogP contribution in [0, 0.1) is 5.92 Å². The van der Waals surface area contributed by atoms with E-state index in [2.05, 4.69) is 34.1 Å². The molecular weight excluding hydrogens is 536 g/mol. The van der Waals surface area contributed by atoms with Crippen molar-refractivity contribution in [3.63, 3.8) is 0 Å². The van der Waals surface area contributed by atoms with Gasteiger partial charge in [0.05, 0.1) is 18.7 Å². The minimum absolute atomic E-state index is 0.0638. The molecule has 1 aliphatic carbocycles. The predicted molar refractivity (Wildman–Crippen MR) is 162 cm³/mol. The van der Waals surface area contributed by atoms with Crippen molar-refractivity contribution in [2.24, 2.45) is 22.4 Å². The normalized spacial score (nSPS) is 22.8. The Balaban J connectivity index is 1.57. The van der Waals surface area contributed by atoms with E-state index in [-0.39, 0.29) is 30.3 Å². The largest absolute Gasteiger partial charge is 0.495 e. The third kappa shape index (κ3) is 7.22. The van der Waals surface area contributed by atoms with E-state index in [1.807, 2.05) is 0 Å². The molecule has 4 rings (SSSR count). The van der Waals surface area contributed by atoms with Crippen molar-refractivity contribution < 1.29 is 19.1 Å². The maximum atomic E-state index is 13.3. The Kier molecular flexibility index (Phi) is 10.1. The number of carbonyl (C=O) groups is 3. The maximum Gasteiger partial charge on any atom is 0.251 e. The van der Waals surface area contributed by atoms with Gasteiger partial charge in [-0.05, 0) is 64.0 Å². The fraction of sp³-hybridized carbons (Fsp3) is 0.533. The summed E-state index contributed by atoms with van der Waals surface area (Å²) in [7, 11) is 5.24. The summed E-state index contributed by atoms with van der Waals surface area (Å²) in [5.74, 6) is -0.285. The van der Waals surface area contributed by atoms with E-state index in [1.54, 1.807) is 25.2 Å². The van der Waals surface area contributed by atoms with Gasteiger partial charge in [-0.3, -0.25) is 14.4 Å². The third-order valence-corrected chi connectivity index (χ3v) is 8.37. The number of carbonyl (C=O) groups excluding carboxylic acids is 3. The first-order valence-electron chi connectivity index (χ1n) is 14.6. The zero-order chi connectivity index (χ0) is 30.4. The van der Waals surface area contributed by atoms with Gasteiger partial charge in [0.1, 0.15) is 17.3 Å². The highest BCUT2D eigenvalue weighted by molar-refractivity contribution is 6.04. The van der Waals surface area contributed by atoms with Gasteiger partial charge in [0.2, 0.25) is 11.8 Å². The standard InChI is InChI=1S/C30H44N8O4/c1-19(33-24-10-9-20(15-26(24)42-4)29(40)35-22-11-13-36(2)14-12-22)34-28-25(17-31)37(3)30(41)21(16-27(32)39)18-38(28)23-7-5-6-8-23/h9-10,15,17,21-23,33H,1,5-8,11-14,16,18,31H2,2-4H3,(H2,32,39)(H,35,40)/b25-17+,34-28+. The molecule has 12 heteroatoms. The Morgan fingerprint density at radius 3 is 2.48 bits per heavy atom.